The van der Waals surface area contributed by atoms with E-state index >= 15 is 4.39 Å². The highest BCUT2D eigenvalue weighted by Crippen LogP contribution is 2.72. The first kappa shape index (κ1) is 38.5. The Labute approximate surface area is 338 Å². The highest BCUT2D eigenvalue weighted by molar-refractivity contribution is 7.99. The maximum absolute atomic E-state index is 17.7. The van der Waals surface area contributed by atoms with Gasteiger partial charge in [0, 0.05) is 55.5 Å². The summed E-state index contributed by atoms with van der Waals surface area (Å²) in [7, 11) is 0. The van der Waals surface area contributed by atoms with Crippen LogP contribution in [0.2, 0.25) is 0 Å². The molecule has 3 amide bonds. The molecule has 13 heteroatoms. The molecule has 3 saturated carbocycles. The van der Waals surface area contributed by atoms with Gasteiger partial charge in [-0.1, -0.05) is 48.5 Å². The van der Waals surface area contributed by atoms with Crippen LogP contribution in [0.25, 0.3) is 0 Å². The summed E-state index contributed by atoms with van der Waals surface area (Å²) in [6, 6.07) is 21.0. The van der Waals surface area contributed by atoms with E-state index in [2.05, 4.69) is 5.32 Å². The van der Waals surface area contributed by atoms with Crippen LogP contribution in [0.15, 0.2) is 119 Å². The quantitative estimate of drug-likeness (QED) is 0.224. The first-order chi connectivity index (χ1) is 27.7. The molecule has 9 rings (SSSR count). The van der Waals surface area contributed by atoms with Gasteiger partial charge in [0.1, 0.15) is 6.61 Å². The molecule has 0 aromatic heterocycles. The van der Waals surface area contributed by atoms with Crippen LogP contribution in [0.4, 0.5) is 15.8 Å². The number of carbonyl (C=O) groups is 5. The fraction of sp³-hybridized carbons (Fsp3) is 0.356. The fourth-order valence-corrected chi connectivity index (χ4v) is 11.7. The number of rotatable bonds is 8. The molecule has 1 saturated heterocycles. The number of anilines is 2. The Balaban J connectivity index is 0.892. The molecule has 6 aliphatic rings. The lowest BCUT2D eigenvalue weighted by Gasteiger charge is -2.62. The molecule has 3 aromatic carbocycles. The molecule has 0 spiro atoms. The van der Waals surface area contributed by atoms with Gasteiger partial charge in [-0.05, 0) is 105 Å². The number of nitrogens with one attached hydrogen (secondary N) is 1. The first-order valence-corrected chi connectivity index (χ1v) is 20.2. The van der Waals surface area contributed by atoms with Crippen LogP contribution < -0.4 is 10.2 Å². The number of aliphatic hydroxyl groups excluding tert-OH is 2. The van der Waals surface area contributed by atoms with Crippen molar-refractivity contribution in [3.8, 4) is 0 Å². The number of imide groups is 1. The van der Waals surface area contributed by atoms with Crippen LogP contribution in [0.1, 0.15) is 61.7 Å². The van der Waals surface area contributed by atoms with Crippen molar-refractivity contribution in [2.75, 3.05) is 16.8 Å². The number of halogens is 1. The summed E-state index contributed by atoms with van der Waals surface area (Å²) in [5.74, 6) is -3.04. The van der Waals surface area contributed by atoms with E-state index in [1.54, 1.807) is 43.3 Å². The van der Waals surface area contributed by atoms with Gasteiger partial charge in [0.2, 0.25) is 0 Å². The number of aliphatic hydroxyl groups is 2. The van der Waals surface area contributed by atoms with Crippen molar-refractivity contribution in [3.63, 3.8) is 0 Å². The highest BCUT2D eigenvalue weighted by Gasteiger charge is 2.79. The van der Waals surface area contributed by atoms with Gasteiger partial charge in [0.15, 0.2) is 29.1 Å². The zero-order valence-electron chi connectivity index (χ0n) is 31.7. The number of allylic oxidation sites excluding steroid dienone is 4. The molecule has 3 N–H and O–H groups in total. The van der Waals surface area contributed by atoms with E-state index in [-0.39, 0.29) is 18.1 Å². The summed E-state index contributed by atoms with van der Waals surface area (Å²) in [6.07, 6.45) is 4.76. The number of alkyl halides is 1. The molecule has 11 nitrogen and oxygen atoms in total. The van der Waals surface area contributed by atoms with E-state index in [1.807, 2.05) is 49.4 Å². The lowest BCUT2D eigenvalue weighted by atomic mass is 9.44. The van der Waals surface area contributed by atoms with Crippen molar-refractivity contribution in [1.82, 2.24) is 0 Å². The van der Waals surface area contributed by atoms with Crippen molar-refractivity contribution >= 4 is 52.4 Å². The van der Waals surface area contributed by atoms with Crippen LogP contribution in [-0.4, -0.2) is 69.6 Å². The Morgan fingerprint density at radius 1 is 0.948 bits per heavy atom. The average Bonchev–Trinajstić information content (AvgIpc) is 3.84. The van der Waals surface area contributed by atoms with Crippen molar-refractivity contribution in [2.45, 2.75) is 79.1 Å². The number of amides is 3. The van der Waals surface area contributed by atoms with Crippen LogP contribution in [0.5, 0.6) is 0 Å². The maximum atomic E-state index is 17.7. The maximum Gasteiger partial charge on any atom is 0.258 e. The number of Topliss-reactive ketones (excluding diaryl/α,β-unsaturated/α-hetero) is 1. The normalized spacial score (nSPS) is 34.6. The monoisotopic (exact) mass is 804 g/mol. The Kier molecular flexibility index (Phi) is 9.13. The van der Waals surface area contributed by atoms with Gasteiger partial charge in [-0.25, -0.2) is 9.29 Å². The minimum Gasteiger partial charge on any atom is -0.390 e. The largest absolute Gasteiger partial charge is 0.390 e. The Morgan fingerprint density at radius 3 is 2.38 bits per heavy atom. The van der Waals surface area contributed by atoms with E-state index < -0.39 is 76.6 Å². The molecule has 2 heterocycles. The zero-order chi connectivity index (χ0) is 40.8. The second-order valence-corrected chi connectivity index (χ2v) is 17.6. The summed E-state index contributed by atoms with van der Waals surface area (Å²) in [5.41, 5.74) is -3.31. The van der Waals surface area contributed by atoms with Gasteiger partial charge >= 0.3 is 0 Å². The molecule has 4 fully saturated rings. The Morgan fingerprint density at radius 2 is 1.67 bits per heavy atom. The first-order valence-electron chi connectivity index (χ1n) is 19.4. The summed E-state index contributed by atoms with van der Waals surface area (Å²) < 4.78 is 30.9. The molecule has 9 atom stereocenters. The summed E-state index contributed by atoms with van der Waals surface area (Å²) >= 11 is 1.46. The van der Waals surface area contributed by atoms with Crippen LogP contribution in [-0.2, 0) is 28.7 Å². The summed E-state index contributed by atoms with van der Waals surface area (Å²) in [4.78, 5) is 65.9. The van der Waals surface area contributed by atoms with Gasteiger partial charge in [-0.15, -0.1) is 0 Å². The lowest BCUT2D eigenvalue weighted by molar-refractivity contribution is -0.231. The zero-order valence-corrected chi connectivity index (χ0v) is 32.5. The molecule has 58 heavy (non-hydrogen) atoms. The van der Waals surface area contributed by atoms with E-state index in [9.17, 15) is 34.2 Å². The van der Waals surface area contributed by atoms with Crippen molar-refractivity contribution in [3.05, 3.63) is 120 Å². The molecule has 0 radical (unpaired) electrons. The van der Waals surface area contributed by atoms with Gasteiger partial charge in [0.05, 0.1) is 17.9 Å². The molecule has 4 aliphatic carbocycles. The number of ether oxygens (including phenoxy) is 2. The van der Waals surface area contributed by atoms with Crippen LogP contribution >= 0.6 is 11.8 Å². The minimum atomic E-state index is -2.08. The van der Waals surface area contributed by atoms with Gasteiger partial charge in [-0.3, -0.25) is 24.0 Å². The lowest BCUT2D eigenvalue weighted by Crippen LogP contribution is -2.69. The Hall–Kier alpha value is -5.05. The molecule has 298 valence electrons. The van der Waals surface area contributed by atoms with E-state index in [1.165, 1.54) is 36.1 Å². The van der Waals surface area contributed by atoms with Gasteiger partial charge in [0.25, 0.3) is 17.7 Å². The van der Waals surface area contributed by atoms with Crippen LogP contribution in [0.3, 0.4) is 0 Å². The SMILES string of the molecule is C[C@]12C=CC(=O)C=C1CC[C@H]1C3C[C@H]4O[C@@H](c5ccc(Sc6cccc(NC(=O)c7ccc(N8C(=O)C=CC8=O)cc7)c6)cc5)O[C@@]4(C(=O)CO)[C@@]3(C)C[C@H](O)[C@@]12F. The predicted molar refractivity (Wildman–Crippen MR) is 210 cm³/mol. The van der Waals surface area contributed by atoms with Crippen molar-refractivity contribution in [2.24, 2.45) is 22.7 Å². The van der Waals surface area contributed by atoms with E-state index in [4.69, 9.17) is 9.47 Å². The number of fused-ring (bicyclic) bond motifs is 7. The standard InChI is InChI=1S/C45H41FN2O9S/c1-42-19-18-30(50)20-27(42)10-15-33-34-22-37-45(36(52)24-49,43(34,2)23-35(51)44(33,42)46)57-41(56-37)26-8-13-31(14-9-26)58-32-5-3-4-28(21-32)47-40(55)25-6-11-29(12-7-25)48-38(53)16-17-39(48)54/h3-9,11-14,16-21,33-35,37,41,49,51H,10,15,22-24H2,1-2H3,(H,47,55)/t33-,34?,35-,37+,41+,42-,43-,44-,45+/m0/s1. The third-order valence-electron chi connectivity index (χ3n) is 13.6. The van der Waals surface area contributed by atoms with Crippen molar-refractivity contribution in [1.29, 1.82) is 0 Å². The number of ketones is 2. The predicted octanol–water partition coefficient (Wildman–Crippen LogP) is 6.21. The smallest absolute Gasteiger partial charge is 0.258 e. The van der Waals surface area contributed by atoms with Gasteiger partial charge in [-0.2, -0.15) is 0 Å². The molecular formula is C45H41FN2O9S. The number of hydrogen-bond acceptors (Lipinski definition) is 10. The molecule has 2 aliphatic heterocycles. The molecule has 3 aromatic rings. The number of hydrogen-bond donors (Lipinski definition) is 3. The molecular weight excluding hydrogens is 764 g/mol. The second-order valence-electron chi connectivity index (χ2n) is 16.4. The third-order valence-corrected chi connectivity index (χ3v) is 14.6. The van der Waals surface area contributed by atoms with Gasteiger partial charge < -0.3 is 25.0 Å². The fourth-order valence-electron chi connectivity index (χ4n) is 10.8. The minimum absolute atomic E-state index is 0.0873. The average molecular weight is 805 g/mol. The third kappa shape index (κ3) is 5.58. The topological polar surface area (TPSA) is 160 Å². The van der Waals surface area contributed by atoms with Crippen LogP contribution in [0, 0.1) is 22.7 Å². The Bertz CT molecular complexity index is 2340. The number of nitrogens with zero attached hydrogens (tertiary/aromatic N) is 1. The van der Waals surface area contributed by atoms with E-state index in [0.29, 0.717) is 47.3 Å². The second kappa shape index (κ2) is 13.8. The van der Waals surface area contributed by atoms with E-state index in [0.717, 1.165) is 14.7 Å². The highest BCUT2D eigenvalue weighted by atomic mass is 32.2. The number of carbonyl (C=O) groups excluding carboxylic acids is 5. The van der Waals surface area contributed by atoms with Crippen molar-refractivity contribution < 1.29 is 48.0 Å². The molecule has 0 bridgehead atoms. The number of benzene rings is 3. The summed E-state index contributed by atoms with van der Waals surface area (Å²) in [5, 5.41) is 25.0. The molecule has 1 unspecified atom stereocenters. The summed E-state index contributed by atoms with van der Waals surface area (Å²) in [6.45, 7) is 2.81.